The lowest BCUT2D eigenvalue weighted by Crippen LogP contribution is -1.97. The van der Waals surface area contributed by atoms with E-state index < -0.39 is 0 Å². The molecule has 50 heavy (non-hydrogen) atoms. The molecule has 234 valence electrons. The van der Waals surface area contributed by atoms with Crippen LogP contribution < -0.4 is 0 Å². The maximum atomic E-state index is 6.74. The standard InChI is InChI=1S/C46H28N2O2/c1-3-14-29(15-4-1)31-18-7-8-19-32(31)39-28-40(48-46(47-39)30-16-5-2-6-17-30)37-27-26-36(45-43(37)38-21-10-12-25-42(38)50-45)35-23-13-22-34-33-20-9-11-24-41(33)49-44(34)35/h1-28H. The Hall–Kier alpha value is -6.78. The van der Waals surface area contributed by atoms with Gasteiger partial charge in [-0.25, -0.2) is 9.97 Å². The Bertz CT molecular complexity index is 2870. The molecule has 7 aromatic carbocycles. The van der Waals surface area contributed by atoms with Gasteiger partial charge >= 0.3 is 0 Å². The zero-order valence-electron chi connectivity index (χ0n) is 26.9. The summed E-state index contributed by atoms with van der Waals surface area (Å²) in [5.41, 5.74) is 12.2. The molecule has 0 amide bonds. The van der Waals surface area contributed by atoms with Gasteiger partial charge in [0.2, 0.25) is 0 Å². The van der Waals surface area contributed by atoms with Crippen molar-refractivity contribution in [3.8, 4) is 56.2 Å². The zero-order chi connectivity index (χ0) is 33.0. The van der Waals surface area contributed by atoms with E-state index in [0.29, 0.717) is 5.82 Å². The van der Waals surface area contributed by atoms with Gasteiger partial charge in [0.05, 0.1) is 11.4 Å². The van der Waals surface area contributed by atoms with Crippen LogP contribution in [0, 0.1) is 0 Å². The molecule has 0 radical (unpaired) electrons. The van der Waals surface area contributed by atoms with Crippen molar-refractivity contribution < 1.29 is 8.83 Å². The summed E-state index contributed by atoms with van der Waals surface area (Å²) in [6, 6.07) is 58.3. The monoisotopic (exact) mass is 640 g/mol. The predicted octanol–water partition coefficient (Wildman–Crippen LogP) is 12.6. The van der Waals surface area contributed by atoms with Gasteiger partial charge in [0, 0.05) is 49.4 Å². The molecule has 0 atom stereocenters. The first-order valence-electron chi connectivity index (χ1n) is 16.7. The molecule has 10 aromatic rings. The van der Waals surface area contributed by atoms with Crippen LogP contribution >= 0.6 is 0 Å². The third-order valence-corrected chi connectivity index (χ3v) is 9.54. The molecule has 0 aliphatic rings. The molecule has 0 unspecified atom stereocenters. The van der Waals surface area contributed by atoms with Gasteiger partial charge in [-0.3, -0.25) is 0 Å². The minimum Gasteiger partial charge on any atom is -0.455 e. The largest absolute Gasteiger partial charge is 0.455 e. The van der Waals surface area contributed by atoms with Crippen LogP contribution in [0.15, 0.2) is 179 Å². The second kappa shape index (κ2) is 11.4. The fourth-order valence-electron chi connectivity index (χ4n) is 7.23. The average Bonchev–Trinajstić information content (AvgIpc) is 3.77. The highest BCUT2D eigenvalue weighted by Crippen LogP contribution is 2.45. The molecule has 10 rings (SSSR count). The minimum absolute atomic E-state index is 0.665. The van der Waals surface area contributed by atoms with Gasteiger partial charge in [-0.05, 0) is 35.4 Å². The highest BCUT2D eigenvalue weighted by atomic mass is 16.3. The molecule has 0 aliphatic carbocycles. The van der Waals surface area contributed by atoms with Crippen molar-refractivity contribution in [2.75, 3.05) is 0 Å². The molecule has 0 aliphatic heterocycles. The highest BCUT2D eigenvalue weighted by Gasteiger charge is 2.22. The molecular weight excluding hydrogens is 613 g/mol. The highest BCUT2D eigenvalue weighted by molar-refractivity contribution is 6.18. The molecule has 4 nitrogen and oxygen atoms in total. The van der Waals surface area contributed by atoms with Crippen molar-refractivity contribution in [1.82, 2.24) is 9.97 Å². The Morgan fingerprint density at radius 2 is 0.860 bits per heavy atom. The summed E-state index contributed by atoms with van der Waals surface area (Å²) in [6.07, 6.45) is 0. The van der Waals surface area contributed by atoms with Crippen LogP contribution in [0.5, 0.6) is 0 Å². The summed E-state index contributed by atoms with van der Waals surface area (Å²) in [5.74, 6) is 0.665. The van der Waals surface area contributed by atoms with E-state index in [4.69, 9.17) is 18.8 Å². The number of nitrogens with zero attached hydrogens (tertiary/aromatic N) is 2. The SMILES string of the molecule is c1ccc(-c2nc(-c3ccccc3-c3ccccc3)cc(-c3ccc(-c4cccc5c4oc4ccccc45)c4oc5ccccc5c34)n2)cc1. The predicted molar refractivity (Wildman–Crippen MR) is 204 cm³/mol. The van der Waals surface area contributed by atoms with Crippen LogP contribution in [0.3, 0.4) is 0 Å². The lowest BCUT2D eigenvalue weighted by atomic mass is 9.94. The van der Waals surface area contributed by atoms with Crippen LogP contribution in [0.1, 0.15) is 0 Å². The molecule has 0 bridgehead atoms. The van der Waals surface area contributed by atoms with E-state index in [1.165, 1.54) is 0 Å². The number of fused-ring (bicyclic) bond motifs is 6. The molecule has 0 saturated heterocycles. The van der Waals surface area contributed by atoms with Crippen LogP contribution in [-0.2, 0) is 0 Å². The summed E-state index contributed by atoms with van der Waals surface area (Å²) in [6.45, 7) is 0. The van der Waals surface area contributed by atoms with Gasteiger partial charge in [-0.1, -0.05) is 146 Å². The smallest absolute Gasteiger partial charge is 0.160 e. The van der Waals surface area contributed by atoms with Gasteiger partial charge in [-0.2, -0.15) is 0 Å². The quantitative estimate of drug-likeness (QED) is 0.188. The Kier molecular flexibility index (Phi) is 6.46. The first kappa shape index (κ1) is 28.3. The summed E-state index contributed by atoms with van der Waals surface area (Å²) in [7, 11) is 0. The topological polar surface area (TPSA) is 52.1 Å². The first-order valence-corrected chi connectivity index (χ1v) is 16.7. The summed E-state index contributed by atoms with van der Waals surface area (Å²) in [5, 5.41) is 4.21. The molecular formula is C46H28N2O2. The van der Waals surface area contributed by atoms with Gasteiger partial charge in [-0.15, -0.1) is 0 Å². The van der Waals surface area contributed by atoms with Crippen molar-refractivity contribution in [3.05, 3.63) is 170 Å². The Morgan fingerprint density at radius 1 is 0.340 bits per heavy atom. The molecule has 4 heteroatoms. The van der Waals surface area contributed by atoms with Crippen molar-refractivity contribution in [2.45, 2.75) is 0 Å². The maximum Gasteiger partial charge on any atom is 0.160 e. The van der Waals surface area contributed by atoms with Gasteiger partial charge in [0.15, 0.2) is 5.82 Å². The van der Waals surface area contributed by atoms with Crippen molar-refractivity contribution in [3.63, 3.8) is 0 Å². The number of hydrogen-bond donors (Lipinski definition) is 0. The van der Waals surface area contributed by atoms with E-state index >= 15 is 0 Å². The Labute approximate surface area is 287 Å². The number of aromatic nitrogens is 2. The molecule has 3 heterocycles. The van der Waals surface area contributed by atoms with Crippen LogP contribution in [0.4, 0.5) is 0 Å². The second-order valence-corrected chi connectivity index (χ2v) is 12.5. The normalized spacial score (nSPS) is 11.6. The van der Waals surface area contributed by atoms with Gasteiger partial charge in [0.25, 0.3) is 0 Å². The van der Waals surface area contributed by atoms with E-state index in [1.54, 1.807) is 0 Å². The third-order valence-electron chi connectivity index (χ3n) is 9.54. The van der Waals surface area contributed by atoms with E-state index in [1.807, 2.05) is 54.6 Å². The molecule has 3 aromatic heterocycles. The summed E-state index contributed by atoms with van der Waals surface area (Å²) >= 11 is 0. The fourth-order valence-corrected chi connectivity index (χ4v) is 7.23. The number of furan rings is 2. The van der Waals surface area contributed by atoms with Crippen molar-refractivity contribution >= 4 is 43.9 Å². The molecule has 0 spiro atoms. The molecule has 0 saturated carbocycles. The van der Waals surface area contributed by atoms with E-state index in [-0.39, 0.29) is 0 Å². The number of rotatable bonds is 5. The molecule has 0 N–H and O–H groups in total. The van der Waals surface area contributed by atoms with E-state index in [2.05, 4.69) is 115 Å². The van der Waals surface area contributed by atoms with E-state index in [9.17, 15) is 0 Å². The number of benzene rings is 7. The maximum absolute atomic E-state index is 6.74. The Balaban J connectivity index is 1.25. The number of hydrogen-bond acceptors (Lipinski definition) is 4. The van der Waals surface area contributed by atoms with Gasteiger partial charge in [0.1, 0.15) is 22.3 Å². The van der Waals surface area contributed by atoms with Crippen molar-refractivity contribution in [2.24, 2.45) is 0 Å². The minimum atomic E-state index is 0.665. The Morgan fingerprint density at radius 3 is 1.64 bits per heavy atom. The van der Waals surface area contributed by atoms with Crippen LogP contribution in [0.2, 0.25) is 0 Å². The average molecular weight is 641 g/mol. The van der Waals surface area contributed by atoms with E-state index in [0.717, 1.165) is 94.2 Å². The van der Waals surface area contributed by atoms with Crippen LogP contribution in [-0.4, -0.2) is 9.97 Å². The fraction of sp³-hybridized carbons (Fsp3) is 0. The number of para-hydroxylation sites is 3. The second-order valence-electron chi connectivity index (χ2n) is 12.5. The first-order chi connectivity index (χ1) is 24.8. The zero-order valence-corrected chi connectivity index (χ0v) is 26.9. The summed E-state index contributed by atoms with van der Waals surface area (Å²) in [4.78, 5) is 10.4. The summed E-state index contributed by atoms with van der Waals surface area (Å²) < 4.78 is 13.2. The lowest BCUT2D eigenvalue weighted by Gasteiger charge is -2.14. The van der Waals surface area contributed by atoms with Gasteiger partial charge < -0.3 is 8.83 Å². The molecule has 0 fully saturated rings. The van der Waals surface area contributed by atoms with Crippen LogP contribution in [0.25, 0.3) is 100 Å². The third kappa shape index (κ3) is 4.54. The van der Waals surface area contributed by atoms with Crippen molar-refractivity contribution in [1.29, 1.82) is 0 Å². The lowest BCUT2D eigenvalue weighted by molar-refractivity contribution is 0.665.